The van der Waals surface area contributed by atoms with E-state index in [1.165, 1.54) is 40.9 Å². The predicted molar refractivity (Wildman–Crippen MR) is 118 cm³/mol. The van der Waals surface area contributed by atoms with Crippen LogP contribution < -0.4 is 10.4 Å². The van der Waals surface area contributed by atoms with E-state index in [-0.39, 0.29) is 30.3 Å². The second-order valence-electron chi connectivity index (χ2n) is 6.05. The first-order valence-corrected chi connectivity index (χ1v) is 10.5. The summed E-state index contributed by atoms with van der Waals surface area (Å²) < 4.78 is 1.31. The minimum atomic E-state index is -1.28. The molecule has 0 spiro atoms. The first kappa shape index (κ1) is 21.2. The van der Waals surface area contributed by atoms with Gasteiger partial charge in [-0.1, -0.05) is 64.2 Å². The Morgan fingerprint density at radius 2 is 1.93 bits per heavy atom. The van der Waals surface area contributed by atoms with Crippen LogP contribution in [0.15, 0.2) is 57.9 Å². The van der Waals surface area contributed by atoms with E-state index >= 15 is 0 Å². The molecule has 0 aromatic heterocycles. The molecule has 0 saturated carbocycles. The molecule has 0 unspecified atom stereocenters. The standard InChI is InChI=1S/C20H15BrN2O4S2/c21-14-3-1-2-12(10-14)11-16-18(25)23(20(28)29-16)9-8-17(24)22-15-6-4-13(5-7-15)19(26)27/h1-7,10-11H,8-9H2,(H,22,24)(H,26,27)/p-1. The Kier molecular flexibility index (Phi) is 6.83. The Bertz CT molecular complexity index is 1020. The maximum absolute atomic E-state index is 12.6. The maximum Gasteiger partial charge on any atom is 0.266 e. The summed E-state index contributed by atoms with van der Waals surface area (Å²) in [7, 11) is 0. The van der Waals surface area contributed by atoms with Gasteiger partial charge in [0, 0.05) is 23.1 Å². The molecule has 148 valence electrons. The Balaban J connectivity index is 1.58. The zero-order valence-electron chi connectivity index (χ0n) is 14.9. The van der Waals surface area contributed by atoms with Crippen LogP contribution in [-0.4, -0.2) is 33.5 Å². The number of rotatable bonds is 6. The van der Waals surface area contributed by atoms with Gasteiger partial charge in [-0.05, 0) is 41.5 Å². The van der Waals surface area contributed by atoms with Gasteiger partial charge in [0.15, 0.2) is 0 Å². The number of benzene rings is 2. The minimum Gasteiger partial charge on any atom is -0.545 e. The molecule has 0 aliphatic carbocycles. The van der Waals surface area contributed by atoms with Crippen LogP contribution in [0, 0.1) is 0 Å². The second-order valence-corrected chi connectivity index (χ2v) is 8.64. The van der Waals surface area contributed by atoms with Crippen LogP contribution in [0.1, 0.15) is 22.3 Å². The molecule has 2 aromatic rings. The highest BCUT2D eigenvalue weighted by molar-refractivity contribution is 9.10. The van der Waals surface area contributed by atoms with Gasteiger partial charge in [-0.15, -0.1) is 0 Å². The number of anilines is 1. The van der Waals surface area contributed by atoms with Crippen molar-refractivity contribution in [3.8, 4) is 0 Å². The number of carbonyl (C=O) groups is 3. The quantitative estimate of drug-likeness (QED) is 0.495. The highest BCUT2D eigenvalue weighted by atomic mass is 79.9. The lowest BCUT2D eigenvalue weighted by atomic mass is 10.2. The molecule has 1 fully saturated rings. The van der Waals surface area contributed by atoms with E-state index in [2.05, 4.69) is 21.2 Å². The SMILES string of the molecule is O=C(CCN1C(=O)C(=Cc2cccc(Br)c2)SC1=S)Nc1ccc(C(=O)[O-])cc1. The van der Waals surface area contributed by atoms with Crippen LogP contribution in [0.2, 0.25) is 0 Å². The molecule has 0 atom stereocenters. The van der Waals surface area contributed by atoms with Crippen molar-refractivity contribution >= 4 is 73.8 Å². The molecule has 1 saturated heterocycles. The summed E-state index contributed by atoms with van der Waals surface area (Å²) in [5, 5.41) is 13.4. The van der Waals surface area contributed by atoms with Crippen LogP contribution in [0.25, 0.3) is 6.08 Å². The lowest BCUT2D eigenvalue weighted by Gasteiger charge is -2.14. The summed E-state index contributed by atoms with van der Waals surface area (Å²) in [4.78, 5) is 37.4. The molecule has 0 radical (unpaired) electrons. The molecule has 1 aliphatic heterocycles. The van der Waals surface area contributed by atoms with E-state index in [1.54, 1.807) is 6.08 Å². The first-order chi connectivity index (χ1) is 13.8. The van der Waals surface area contributed by atoms with Crippen LogP contribution in [-0.2, 0) is 9.59 Å². The van der Waals surface area contributed by atoms with Gasteiger partial charge >= 0.3 is 0 Å². The Hall–Kier alpha value is -2.49. The summed E-state index contributed by atoms with van der Waals surface area (Å²) in [6, 6.07) is 13.2. The number of hydrogen-bond acceptors (Lipinski definition) is 6. The molecular weight excluding hydrogens is 476 g/mol. The molecule has 1 N–H and O–H groups in total. The van der Waals surface area contributed by atoms with Crippen molar-refractivity contribution in [1.82, 2.24) is 4.90 Å². The lowest BCUT2D eigenvalue weighted by molar-refractivity contribution is -0.255. The fraction of sp³-hybridized carbons (Fsp3) is 0.100. The van der Waals surface area contributed by atoms with Crippen LogP contribution in [0.4, 0.5) is 5.69 Å². The molecule has 2 amide bonds. The predicted octanol–water partition coefficient (Wildman–Crippen LogP) is 3.04. The number of nitrogens with one attached hydrogen (secondary N) is 1. The van der Waals surface area contributed by atoms with Gasteiger partial charge in [-0.2, -0.15) is 0 Å². The minimum absolute atomic E-state index is 0.0257. The summed E-state index contributed by atoms with van der Waals surface area (Å²) in [5.41, 5.74) is 1.36. The maximum atomic E-state index is 12.6. The normalized spacial score (nSPS) is 15.1. The average Bonchev–Trinajstić information content (AvgIpc) is 2.93. The van der Waals surface area contributed by atoms with Crippen LogP contribution in [0.5, 0.6) is 0 Å². The van der Waals surface area contributed by atoms with Crippen molar-refractivity contribution in [3.63, 3.8) is 0 Å². The third-order valence-corrected chi connectivity index (χ3v) is 5.86. The molecule has 29 heavy (non-hydrogen) atoms. The topological polar surface area (TPSA) is 89.5 Å². The van der Waals surface area contributed by atoms with E-state index in [9.17, 15) is 19.5 Å². The van der Waals surface area contributed by atoms with Gasteiger partial charge in [0.2, 0.25) is 5.91 Å². The zero-order valence-corrected chi connectivity index (χ0v) is 18.1. The van der Waals surface area contributed by atoms with Gasteiger partial charge in [0.1, 0.15) is 4.32 Å². The van der Waals surface area contributed by atoms with Crippen molar-refractivity contribution in [3.05, 3.63) is 69.0 Å². The van der Waals surface area contributed by atoms with Gasteiger partial charge in [0.25, 0.3) is 5.91 Å². The highest BCUT2D eigenvalue weighted by Gasteiger charge is 2.32. The number of halogens is 1. The van der Waals surface area contributed by atoms with E-state index < -0.39 is 5.97 Å². The molecule has 0 bridgehead atoms. The van der Waals surface area contributed by atoms with Gasteiger partial charge in [-0.25, -0.2) is 0 Å². The zero-order chi connectivity index (χ0) is 21.0. The number of thiocarbonyl (C=S) groups is 1. The van der Waals surface area contributed by atoms with Crippen LogP contribution >= 0.6 is 39.9 Å². The molecule has 2 aromatic carbocycles. The Morgan fingerprint density at radius 3 is 2.59 bits per heavy atom. The second kappa shape index (κ2) is 9.34. The lowest BCUT2D eigenvalue weighted by Crippen LogP contribution is -2.31. The van der Waals surface area contributed by atoms with Crippen molar-refractivity contribution in [2.24, 2.45) is 0 Å². The van der Waals surface area contributed by atoms with Crippen molar-refractivity contribution in [2.75, 3.05) is 11.9 Å². The first-order valence-electron chi connectivity index (χ1n) is 8.45. The number of carbonyl (C=O) groups excluding carboxylic acids is 3. The van der Waals surface area contributed by atoms with Crippen molar-refractivity contribution in [1.29, 1.82) is 0 Å². The van der Waals surface area contributed by atoms with E-state index in [0.29, 0.717) is 14.9 Å². The number of carboxylic acids is 1. The number of aromatic carboxylic acids is 1. The number of thioether (sulfide) groups is 1. The molecule has 6 nitrogen and oxygen atoms in total. The largest absolute Gasteiger partial charge is 0.545 e. The van der Waals surface area contributed by atoms with Gasteiger partial charge in [0.05, 0.1) is 10.9 Å². The third-order valence-electron chi connectivity index (χ3n) is 3.99. The number of hydrogen-bond donors (Lipinski definition) is 1. The molecule has 1 heterocycles. The summed E-state index contributed by atoms with van der Waals surface area (Å²) >= 11 is 9.88. The highest BCUT2D eigenvalue weighted by Crippen LogP contribution is 2.33. The van der Waals surface area contributed by atoms with E-state index in [4.69, 9.17) is 12.2 Å². The fourth-order valence-electron chi connectivity index (χ4n) is 2.57. The smallest absolute Gasteiger partial charge is 0.266 e. The van der Waals surface area contributed by atoms with Crippen molar-refractivity contribution in [2.45, 2.75) is 6.42 Å². The fourth-order valence-corrected chi connectivity index (χ4v) is 4.29. The molecule has 1 aliphatic rings. The van der Waals surface area contributed by atoms with Gasteiger partial charge in [-0.3, -0.25) is 14.5 Å². The molecule has 9 heteroatoms. The average molecular weight is 490 g/mol. The number of carboxylic acid groups (broad SMARTS) is 1. The molecule has 3 rings (SSSR count). The van der Waals surface area contributed by atoms with Gasteiger partial charge < -0.3 is 15.2 Å². The number of amides is 2. The Morgan fingerprint density at radius 1 is 1.21 bits per heavy atom. The molecular formula is C20H14BrN2O4S2-. The third kappa shape index (κ3) is 5.53. The van der Waals surface area contributed by atoms with E-state index in [0.717, 1.165) is 10.0 Å². The summed E-state index contributed by atoms with van der Waals surface area (Å²) in [5.74, 6) is -1.82. The summed E-state index contributed by atoms with van der Waals surface area (Å²) in [6.07, 6.45) is 1.82. The monoisotopic (exact) mass is 489 g/mol. The van der Waals surface area contributed by atoms with Crippen molar-refractivity contribution < 1.29 is 19.5 Å². The summed E-state index contributed by atoms with van der Waals surface area (Å²) in [6.45, 7) is 0.156. The van der Waals surface area contributed by atoms with Crippen LogP contribution in [0.3, 0.4) is 0 Å². The number of nitrogens with zero attached hydrogens (tertiary/aromatic N) is 1. The Labute approximate surface area is 185 Å². The van der Waals surface area contributed by atoms with E-state index in [1.807, 2.05) is 24.3 Å².